The molecule has 0 bridgehead atoms. The summed E-state index contributed by atoms with van der Waals surface area (Å²) in [6.07, 6.45) is 8.32. The van der Waals surface area contributed by atoms with Crippen LogP contribution in [0.2, 0.25) is 0 Å². The zero-order valence-electron chi connectivity index (χ0n) is 22.0. The van der Waals surface area contributed by atoms with E-state index in [4.69, 9.17) is 11.5 Å². The van der Waals surface area contributed by atoms with Crippen LogP contribution in [0.5, 0.6) is 0 Å². The van der Waals surface area contributed by atoms with Gasteiger partial charge in [0, 0.05) is 40.3 Å². The summed E-state index contributed by atoms with van der Waals surface area (Å²) in [4.78, 5) is 49.5. The minimum absolute atomic E-state index is 0.0736. The maximum Gasteiger partial charge on any atom is 0.319 e. The summed E-state index contributed by atoms with van der Waals surface area (Å²) in [7, 11) is 0. The number of halogens is 1. The quantitative estimate of drug-likeness (QED) is 0.181. The van der Waals surface area contributed by atoms with Crippen LogP contribution in [-0.4, -0.2) is 38.8 Å². The van der Waals surface area contributed by atoms with E-state index >= 15 is 0 Å². The number of nitrogens with one attached hydrogen (secondary N) is 4. The molecule has 5 rings (SSSR count). The largest absolute Gasteiger partial charge is 0.382 e. The number of hydrogen-bond acceptors (Lipinski definition) is 7. The lowest BCUT2D eigenvalue weighted by Gasteiger charge is -2.23. The summed E-state index contributed by atoms with van der Waals surface area (Å²) in [5.41, 5.74) is 13.5. The number of benzene rings is 2. The van der Waals surface area contributed by atoms with Crippen LogP contribution in [0.25, 0.3) is 10.9 Å². The predicted molar refractivity (Wildman–Crippen MR) is 154 cm³/mol. The molecule has 212 valence electrons. The minimum atomic E-state index is -0.694. The molecule has 0 atom stereocenters. The van der Waals surface area contributed by atoms with E-state index in [0.29, 0.717) is 26.6 Å². The second-order valence-electron chi connectivity index (χ2n) is 9.74. The zero-order chi connectivity index (χ0) is 28.9. The molecule has 1 aliphatic rings. The molecular weight excluding hydrogens is 547 g/mol. The topological polar surface area (TPSA) is 181 Å². The van der Waals surface area contributed by atoms with Gasteiger partial charge in [-0.15, -0.1) is 0 Å². The lowest BCUT2D eigenvalue weighted by molar-refractivity contribution is 0.0944. The van der Waals surface area contributed by atoms with E-state index in [9.17, 15) is 18.8 Å². The number of H-pyrrole nitrogens is 1. The molecule has 2 heterocycles. The molecule has 13 heteroatoms. The van der Waals surface area contributed by atoms with Crippen LogP contribution in [-0.2, 0) is 6.54 Å². The zero-order valence-corrected chi connectivity index (χ0v) is 22.8. The van der Waals surface area contributed by atoms with Gasteiger partial charge in [-0.2, -0.15) is 0 Å². The predicted octanol–water partition coefficient (Wildman–Crippen LogP) is 4.31. The first-order valence-corrected chi connectivity index (χ1v) is 13.9. The fraction of sp³-hybridized carbons (Fsp3) is 0.250. The molecule has 2 aromatic heterocycles. The second kappa shape index (κ2) is 12.3. The Morgan fingerprint density at radius 3 is 2.68 bits per heavy atom. The molecule has 0 spiro atoms. The van der Waals surface area contributed by atoms with Crippen LogP contribution in [0, 0.1) is 5.82 Å². The van der Waals surface area contributed by atoms with Crippen LogP contribution in [0.3, 0.4) is 0 Å². The normalized spacial score (nSPS) is 13.6. The fourth-order valence-corrected chi connectivity index (χ4v) is 5.63. The number of fused-ring (bicyclic) bond motifs is 1. The molecule has 4 amide bonds. The summed E-state index contributed by atoms with van der Waals surface area (Å²) in [5.74, 6) is -1.72. The number of anilines is 2. The standard InChI is InChI=1S/C28H29FN8O3S/c29-16-6-8-21-19(10-16)15(12-32-21)13-34-27(39)24-25(30)33-14-23(37-24)41-22-9-7-18(11-20(22)26(31)38)36-28(40)35-17-4-2-1-3-5-17/h6-12,14,17,32H,1-5,13H2,(H2,30,33)(H2,31,38)(H,34,39)(H2,35,36,40). The van der Waals surface area contributed by atoms with Gasteiger partial charge in [0.05, 0.1) is 11.8 Å². The number of hydrogen-bond donors (Lipinski definition) is 6. The van der Waals surface area contributed by atoms with E-state index in [1.165, 1.54) is 30.8 Å². The molecule has 1 aliphatic carbocycles. The van der Waals surface area contributed by atoms with Gasteiger partial charge in [-0.3, -0.25) is 9.59 Å². The summed E-state index contributed by atoms with van der Waals surface area (Å²) < 4.78 is 13.7. The number of aromatic amines is 1. The van der Waals surface area contributed by atoms with Crippen LogP contribution >= 0.6 is 11.8 Å². The van der Waals surface area contributed by atoms with E-state index in [-0.39, 0.29) is 41.5 Å². The third-order valence-corrected chi connectivity index (χ3v) is 7.80. The maximum atomic E-state index is 13.7. The highest BCUT2D eigenvalue weighted by molar-refractivity contribution is 7.99. The van der Waals surface area contributed by atoms with Crippen molar-refractivity contribution in [2.75, 3.05) is 11.1 Å². The highest BCUT2D eigenvalue weighted by Crippen LogP contribution is 2.31. The number of nitrogen functional groups attached to an aromatic ring is 1. The molecule has 0 unspecified atom stereocenters. The maximum absolute atomic E-state index is 13.7. The molecule has 1 fully saturated rings. The van der Waals surface area contributed by atoms with E-state index in [1.54, 1.807) is 24.4 Å². The van der Waals surface area contributed by atoms with Crippen molar-refractivity contribution in [1.82, 2.24) is 25.6 Å². The van der Waals surface area contributed by atoms with Gasteiger partial charge in [0.25, 0.3) is 5.91 Å². The highest BCUT2D eigenvalue weighted by atomic mass is 32.2. The van der Waals surface area contributed by atoms with E-state index in [2.05, 4.69) is 30.9 Å². The van der Waals surface area contributed by atoms with Gasteiger partial charge < -0.3 is 32.4 Å². The van der Waals surface area contributed by atoms with Gasteiger partial charge >= 0.3 is 6.03 Å². The number of aromatic nitrogens is 3. The molecule has 1 saturated carbocycles. The van der Waals surface area contributed by atoms with Crippen molar-refractivity contribution in [2.45, 2.75) is 54.6 Å². The van der Waals surface area contributed by atoms with Crippen molar-refractivity contribution in [2.24, 2.45) is 5.73 Å². The van der Waals surface area contributed by atoms with Gasteiger partial charge in [0.2, 0.25) is 5.91 Å². The van der Waals surface area contributed by atoms with Crippen LogP contribution < -0.4 is 27.4 Å². The van der Waals surface area contributed by atoms with Gasteiger partial charge in [0.1, 0.15) is 10.8 Å². The molecule has 8 N–H and O–H groups in total. The Morgan fingerprint density at radius 1 is 1.10 bits per heavy atom. The lowest BCUT2D eigenvalue weighted by atomic mass is 9.96. The molecule has 0 radical (unpaired) electrons. The van der Waals surface area contributed by atoms with Crippen molar-refractivity contribution in [3.63, 3.8) is 0 Å². The van der Waals surface area contributed by atoms with Crippen molar-refractivity contribution in [3.05, 3.63) is 71.4 Å². The second-order valence-corrected chi connectivity index (χ2v) is 10.8. The van der Waals surface area contributed by atoms with Gasteiger partial charge in [-0.1, -0.05) is 31.0 Å². The number of carbonyl (C=O) groups excluding carboxylic acids is 3. The molecule has 2 aromatic carbocycles. The van der Waals surface area contributed by atoms with Gasteiger partial charge in [0.15, 0.2) is 11.5 Å². The summed E-state index contributed by atoms with van der Waals surface area (Å²) in [6.45, 7) is 0.107. The SMILES string of the molecule is NC(=O)c1cc(NC(=O)NC2CCCCC2)ccc1Sc1cnc(N)c(C(=O)NCc2c[nH]c3ccc(F)cc23)n1. The lowest BCUT2D eigenvalue weighted by Crippen LogP contribution is -2.39. The third kappa shape index (κ3) is 6.74. The summed E-state index contributed by atoms with van der Waals surface area (Å²) in [6, 6.07) is 8.93. The van der Waals surface area contributed by atoms with Crippen molar-refractivity contribution >= 4 is 52.0 Å². The number of amides is 4. The number of urea groups is 1. The third-order valence-electron chi connectivity index (χ3n) is 6.82. The number of carbonyl (C=O) groups is 3. The van der Waals surface area contributed by atoms with Crippen LogP contribution in [0.1, 0.15) is 58.5 Å². The first kappa shape index (κ1) is 27.9. The Labute approximate surface area is 239 Å². The molecular formula is C28H29FN8O3S. The molecule has 4 aromatic rings. The van der Waals surface area contributed by atoms with Crippen molar-refractivity contribution in [1.29, 1.82) is 0 Å². The number of primary amides is 1. The van der Waals surface area contributed by atoms with Crippen LogP contribution in [0.4, 0.5) is 20.7 Å². The highest BCUT2D eigenvalue weighted by Gasteiger charge is 2.19. The van der Waals surface area contributed by atoms with Gasteiger partial charge in [-0.05, 0) is 54.8 Å². The Balaban J connectivity index is 1.27. The Morgan fingerprint density at radius 2 is 1.90 bits per heavy atom. The van der Waals surface area contributed by atoms with E-state index < -0.39 is 11.8 Å². The van der Waals surface area contributed by atoms with E-state index in [0.717, 1.165) is 43.0 Å². The number of nitrogens with zero attached hydrogens (tertiary/aromatic N) is 2. The average Bonchev–Trinajstić information content (AvgIpc) is 3.35. The Bertz CT molecular complexity index is 1620. The minimum Gasteiger partial charge on any atom is -0.382 e. The monoisotopic (exact) mass is 576 g/mol. The Hall–Kier alpha value is -4.65. The van der Waals surface area contributed by atoms with Gasteiger partial charge in [-0.25, -0.2) is 19.2 Å². The first-order valence-electron chi connectivity index (χ1n) is 13.1. The van der Waals surface area contributed by atoms with Crippen molar-refractivity contribution < 1.29 is 18.8 Å². The number of rotatable bonds is 8. The van der Waals surface area contributed by atoms with Crippen LogP contribution in [0.15, 0.2) is 58.7 Å². The number of nitrogens with two attached hydrogens (primary N) is 2. The van der Waals surface area contributed by atoms with Crippen molar-refractivity contribution in [3.8, 4) is 0 Å². The smallest absolute Gasteiger partial charge is 0.319 e. The molecule has 0 saturated heterocycles. The molecule has 0 aliphatic heterocycles. The first-order chi connectivity index (χ1) is 19.8. The van der Waals surface area contributed by atoms with E-state index in [1.807, 2.05) is 0 Å². The average molecular weight is 577 g/mol. The summed E-state index contributed by atoms with van der Waals surface area (Å²) in [5, 5.41) is 9.41. The fourth-order valence-electron chi connectivity index (χ4n) is 4.76. The molecule has 11 nitrogen and oxygen atoms in total. The molecule has 41 heavy (non-hydrogen) atoms. The Kier molecular flexibility index (Phi) is 8.34. The summed E-state index contributed by atoms with van der Waals surface area (Å²) >= 11 is 1.07.